The highest BCUT2D eigenvalue weighted by molar-refractivity contribution is 5.95. The average Bonchev–Trinajstić information content (AvgIpc) is 2.59. The maximum atomic E-state index is 12.2. The zero-order valence-electron chi connectivity index (χ0n) is 13.2. The molecular weight excluding hydrogens is 320 g/mol. The van der Waals surface area contributed by atoms with Crippen molar-refractivity contribution in [2.75, 3.05) is 14.2 Å². The van der Waals surface area contributed by atoms with Crippen molar-refractivity contribution >= 4 is 5.91 Å². The van der Waals surface area contributed by atoms with Gasteiger partial charge in [0.25, 0.3) is 5.91 Å². The summed E-state index contributed by atoms with van der Waals surface area (Å²) in [6, 6.07) is 10.9. The minimum absolute atomic E-state index is 0.0672. The molecule has 0 fully saturated rings. The summed E-state index contributed by atoms with van der Waals surface area (Å²) >= 11 is 0. The first-order valence-electron chi connectivity index (χ1n) is 7.07. The van der Waals surface area contributed by atoms with E-state index in [0.717, 1.165) is 5.56 Å². The molecule has 0 aliphatic rings. The van der Waals surface area contributed by atoms with Crippen molar-refractivity contribution in [3.8, 4) is 17.2 Å². The van der Waals surface area contributed by atoms with Crippen LogP contribution in [0.4, 0.5) is 8.78 Å². The Bertz CT molecular complexity index is 667. The van der Waals surface area contributed by atoms with Crippen LogP contribution < -0.4 is 19.5 Å². The first-order valence-corrected chi connectivity index (χ1v) is 7.07. The highest BCUT2D eigenvalue weighted by Crippen LogP contribution is 2.22. The summed E-state index contributed by atoms with van der Waals surface area (Å²) in [5.41, 5.74) is 1.14. The number of benzene rings is 2. The van der Waals surface area contributed by atoms with E-state index < -0.39 is 6.61 Å². The second-order valence-corrected chi connectivity index (χ2v) is 4.81. The lowest BCUT2D eigenvalue weighted by Crippen LogP contribution is -2.22. The predicted octanol–water partition coefficient (Wildman–Crippen LogP) is 3.24. The van der Waals surface area contributed by atoms with Gasteiger partial charge in [-0.1, -0.05) is 12.1 Å². The van der Waals surface area contributed by atoms with Crippen molar-refractivity contribution in [1.29, 1.82) is 0 Å². The molecule has 2 aromatic rings. The number of alkyl halides is 2. The van der Waals surface area contributed by atoms with Gasteiger partial charge in [0.2, 0.25) is 0 Å². The van der Waals surface area contributed by atoms with Gasteiger partial charge < -0.3 is 19.5 Å². The third-order valence-corrected chi connectivity index (χ3v) is 3.22. The molecule has 1 N–H and O–H groups in total. The third-order valence-electron chi connectivity index (χ3n) is 3.22. The largest absolute Gasteiger partial charge is 0.497 e. The number of carbonyl (C=O) groups is 1. The summed E-state index contributed by atoms with van der Waals surface area (Å²) in [5.74, 6) is 0.777. The Morgan fingerprint density at radius 2 is 1.58 bits per heavy atom. The van der Waals surface area contributed by atoms with E-state index in [1.165, 1.54) is 26.4 Å². The van der Waals surface area contributed by atoms with Crippen molar-refractivity contribution in [2.24, 2.45) is 0 Å². The lowest BCUT2D eigenvalue weighted by molar-refractivity contribution is -0.0498. The Hall–Kier alpha value is -2.83. The summed E-state index contributed by atoms with van der Waals surface area (Å²) in [4.78, 5) is 12.2. The molecule has 0 aliphatic carbocycles. The number of ether oxygens (including phenoxy) is 3. The average molecular weight is 337 g/mol. The molecule has 2 aromatic carbocycles. The minimum Gasteiger partial charge on any atom is -0.497 e. The topological polar surface area (TPSA) is 56.8 Å². The van der Waals surface area contributed by atoms with Gasteiger partial charge in [-0.15, -0.1) is 0 Å². The maximum absolute atomic E-state index is 12.2. The van der Waals surface area contributed by atoms with Crippen LogP contribution in [-0.4, -0.2) is 26.7 Å². The molecule has 7 heteroatoms. The fourth-order valence-corrected chi connectivity index (χ4v) is 2.01. The number of hydrogen-bond donors (Lipinski definition) is 1. The molecule has 0 saturated heterocycles. The lowest BCUT2D eigenvalue weighted by Gasteiger charge is -2.10. The summed E-state index contributed by atoms with van der Waals surface area (Å²) in [7, 11) is 3.00. The van der Waals surface area contributed by atoms with Crippen LogP contribution in [0.1, 0.15) is 15.9 Å². The van der Waals surface area contributed by atoms with Crippen LogP contribution >= 0.6 is 0 Å². The molecule has 0 unspecified atom stereocenters. The van der Waals surface area contributed by atoms with E-state index in [2.05, 4.69) is 10.1 Å². The highest BCUT2D eigenvalue weighted by Gasteiger charge is 2.10. The molecule has 0 bridgehead atoms. The van der Waals surface area contributed by atoms with Gasteiger partial charge in [0.15, 0.2) is 0 Å². The molecular formula is C17H17F2NO4. The van der Waals surface area contributed by atoms with Gasteiger partial charge in [0.05, 0.1) is 14.2 Å². The second kappa shape index (κ2) is 8.14. The smallest absolute Gasteiger partial charge is 0.387 e. The number of methoxy groups -OCH3 is 2. The number of carbonyl (C=O) groups excluding carboxylic acids is 1. The second-order valence-electron chi connectivity index (χ2n) is 4.81. The Balaban J connectivity index is 2.00. The molecule has 0 radical (unpaired) electrons. The molecule has 0 saturated carbocycles. The summed E-state index contributed by atoms with van der Waals surface area (Å²) < 4.78 is 38.7. The van der Waals surface area contributed by atoms with Gasteiger partial charge in [-0.3, -0.25) is 4.79 Å². The zero-order chi connectivity index (χ0) is 17.5. The normalized spacial score (nSPS) is 10.4. The molecule has 2 rings (SSSR count). The Morgan fingerprint density at radius 1 is 1.00 bits per heavy atom. The van der Waals surface area contributed by atoms with E-state index in [-0.39, 0.29) is 18.2 Å². The third kappa shape index (κ3) is 4.84. The van der Waals surface area contributed by atoms with E-state index in [1.54, 1.807) is 30.3 Å². The molecule has 24 heavy (non-hydrogen) atoms. The minimum atomic E-state index is -2.86. The van der Waals surface area contributed by atoms with E-state index >= 15 is 0 Å². The van der Waals surface area contributed by atoms with Crippen molar-refractivity contribution < 1.29 is 27.8 Å². The number of nitrogens with one attached hydrogen (secondary N) is 1. The predicted molar refractivity (Wildman–Crippen MR) is 83.8 cm³/mol. The molecule has 0 spiro atoms. The van der Waals surface area contributed by atoms with E-state index in [4.69, 9.17) is 9.47 Å². The highest BCUT2D eigenvalue weighted by atomic mass is 19.3. The van der Waals surface area contributed by atoms with Gasteiger partial charge in [0, 0.05) is 18.2 Å². The first-order chi connectivity index (χ1) is 11.5. The van der Waals surface area contributed by atoms with Gasteiger partial charge >= 0.3 is 6.61 Å². The number of rotatable bonds is 7. The Kier molecular flexibility index (Phi) is 5.95. The number of hydrogen-bond acceptors (Lipinski definition) is 4. The molecule has 0 atom stereocenters. The Morgan fingerprint density at radius 3 is 2.08 bits per heavy atom. The van der Waals surface area contributed by atoms with Crippen LogP contribution in [0.25, 0.3) is 0 Å². The maximum Gasteiger partial charge on any atom is 0.387 e. The molecule has 0 aliphatic heterocycles. The summed E-state index contributed by atoms with van der Waals surface area (Å²) in [6.07, 6.45) is 0. The van der Waals surface area contributed by atoms with Crippen LogP contribution in [0.15, 0.2) is 42.5 Å². The lowest BCUT2D eigenvalue weighted by atomic mass is 10.1. The fraction of sp³-hybridized carbons (Fsp3) is 0.235. The standard InChI is InChI=1S/C17H17F2NO4/c1-22-14-7-12(8-15(9-14)23-2)16(21)20-10-11-3-5-13(6-4-11)24-17(18)19/h3-9,17H,10H2,1-2H3,(H,20,21). The molecule has 0 heterocycles. The SMILES string of the molecule is COc1cc(OC)cc(C(=O)NCc2ccc(OC(F)F)cc2)c1. The fourth-order valence-electron chi connectivity index (χ4n) is 2.01. The van der Waals surface area contributed by atoms with Crippen molar-refractivity contribution in [3.63, 3.8) is 0 Å². The van der Waals surface area contributed by atoms with Gasteiger partial charge in [0.1, 0.15) is 17.2 Å². The molecule has 128 valence electrons. The number of halogens is 2. The van der Waals surface area contributed by atoms with E-state index in [1.807, 2.05) is 0 Å². The summed E-state index contributed by atoms with van der Waals surface area (Å²) in [6.45, 7) is -2.62. The molecule has 1 amide bonds. The van der Waals surface area contributed by atoms with Crippen LogP contribution in [0.3, 0.4) is 0 Å². The van der Waals surface area contributed by atoms with Crippen LogP contribution in [-0.2, 0) is 6.54 Å². The Labute approximate surface area is 138 Å². The quantitative estimate of drug-likeness (QED) is 0.843. The van der Waals surface area contributed by atoms with Gasteiger partial charge in [-0.2, -0.15) is 8.78 Å². The van der Waals surface area contributed by atoms with Crippen LogP contribution in [0, 0.1) is 0 Å². The molecule has 5 nitrogen and oxygen atoms in total. The van der Waals surface area contributed by atoms with E-state index in [9.17, 15) is 13.6 Å². The summed E-state index contributed by atoms with van der Waals surface area (Å²) in [5, 5.41) is 2.74. The van der Waals surface area contributed by atoms with Crippen molar-refractivity contribution in [2.45, 2.75) is 13.2 Å². The van der Waals surface area contributed by atoms with Gasteiger partial charge in [-0.25, -0.2) is 0 Å². The number of amides is 1. The van der Waals surface area contributed by atoms with Gasteiger partial charge in [-0.05, 0) is 29.8 Å². The monoisotopic (exact) mass is 337 g/mol. The first kappa shape index (κ1) is 17.5. The zero-order valence-corrected chi connectivity index (χ0v) is 13.2. The van der Waals surface area contributed by atoms with E-state index in [0.29, 0.717) is 17.1 Å². The van der Waals surface area contributed by atoms with Crippen LogP contribution in [0.5, 0.6) is 17.2 Å². The van der Waals surface area contributed by atoms with Crippen molar-refractivity contribution in [1.82, 2.24) is 5.32 Å². The van der Waals surface area contributed by atoms with Crippen LogP contribution in [0.2, 0.25) is 0 Å². The van der Waals surface area contributed by atoms with Crippen molar-refractivity contribution in [3.05, 3.63) is 53.6 Å². The molecule has 0 aromatic heterocycles.